The summed E-state index contributed by atoms with van der Waals surface area (Å²) in [6.45, 7) is 3.77. The number of rotatable bonds is 4. The zero-order valence-corrected chi connectivity index (χ0v) is 11.8. The van der Waals surface area contributed by atoms with E-state index in [1.54, 1.807) is 0 Å². The molecule has 8 heteroatoms. The second-order valence-corrected chi connectivity index (χ2v) is 6.84. The predicted molar refractivity (Wildman–Crippen MR) is 76.1 cm³/mol. The van der Waals surface area contributed by atoms with E-state index in [2.05, 4.69) is 22.2 Å². The number of anilines is 3. The fourth-order valence-corrected chi connectivity index (χ4v) is 3.10. The Labute approximate surface area is 113 Å². The molecule has 7 nitrogen and oxygen atoms in total. The molecule has 1 aromatic rings. The fraction of sp³-hybridized carbons (Fsp3) is 0.636. The van der Waals surface area contributed by atoms with Crippen molar-refractivity contribution in [3.05, 3.63) is 6.07 Å². The van der Waals surface area contributed by atoms with Crippen LogP contribution in [0.3, 0.4) is 0 Å². The number of aromatic nitrogens is 2. The Morgan fingerprint density at radius 1 is 1.37 bits per heavy atom. The van der Waals surface area contributed by atoms with Crippen molar-refractivity contribution >= 4 is 27.4 Å². The number of sulfone groups is 1. The van der Waals surface area contributed by atoms with Crippen molar-refractivity contribution in [3.63, 3.8) is 0 Å². The highest BCUT2D eigenvalue weighted by Crippen LogP contribution is 2.19. The van der Waals surface area contributed by atoms with Crippen LogP contribution in [0.4, 0.5) is 17.6 Å². The standard InChI is InChI=1S/C11H19N5O2S/c1-2-3-13-9-8-10(15-11(12)14-9)16-4-6-19(17,18)7-5-16/h8H,2-7H2,1H3,(H3,12,13,14,15). The first-order valence-electron chi connectivity index (χ1n) is 6.34. The Hall–Kier alpha value is -1.57. The first kappa shape index (κ1) is 13.9. The summed E-state index contributed by atoms with van der Waals surface area (Å²) in [7, 11) is -2.89. The van der Waals surface area contributed by atoms with Crippen molar-refractivity contribution < 1.29 is 8.42 Å². The molecule has 1 aromatic heterocycles. The zero-order chi connectivity index (χ0) is 13.9. The summed E-state index contributed by atoms with van der Waals surface area (Å²) in [6.07, 6.45) is 0.987. The minimum Gasteiger partial charge on any atom is -0.370 e. The molecular formula is C11H19N5O2S. The first-order chi connectivity index (χ1) is 9.00. The van der Waals surface area contributed by atoms with Crippen molar-refractivity contribution in [2.45, 2.75) is 13.3 Å². The molecule has 1 fully saturated rings. The van der Waals surface area contributed by atoms with Gasteiger partial charge in [0.1, 0.15) is 11.6 Å². The molecule has 106 valence electrons. The van der Waals surface area contributed by atoms with Crippen LogP contribution < -0.4 is 16.0 Å². The van der Waals surface area contributed by atoms with E-state index < -0.39 is 9.84 Å². The van der Waals surface area contributed by atoms with Gasteiger partial charge in [0.05, 0.1) is 11.5 Å². The van der Waals surface area contributed by atoms with E-state index in [4.69, 9.17) is 5.73 Å². The molecule has 0 unspecified atom stereocenters. The molecule has 1 saturated heterocycles. The highest BCUT2D eigenvalue weighted by molar-refractivity contribution is 7.91. The molecule has 3 N–H and O–H groups in total. The molecule has 0 spiro atoms. The van der Waals surface area contributed by atoms with Crippen LogP contribution >= 0.6 is 0 Å². The van der Waals surface area contributed by atoms with Gasteiger partial charge in [-0.15, -0.1) is 0 Å². The summed E-state index contributed by atoms with van der Waals surface area (Å²) in [6, 6.07) is 1.81. The van der Waals surface area contributed by atoms with Gasteiger partial charge in [-0.2, -0.15) is 9.97 Å². The third kappa shape index (κ3) is 3.69. The van der Waals surface area contributed by atoms with Gasteiger partial charge in [-0.3, -0.25) is 0 Å². The summed E-state index contributed by atoms with van der Waals surface area (Å²) in [5.41, 5.74) is 5.68. The molecule has 0 radical (unpaired) electrons. The maximum Gasteiger partial charge on any atom is 0.223 e. The van der Waals surface area contributed by atoms with Gasteiger partial charge in [-0.25, -0.2) is 8.42 Å². The normalized spacial score (nSPS) is 18.3. The number of hydrogen-bond acceptors (Lipinski definition) is 7. The van der Waals surface area contributed by atoms with Crippen molar-refractivity contribution in [2.75, 3.05) is 47.1 Å². The van der Waals surface area contributed by atoms with Crippen LogP contribution in [0.1, 0.15) is 13.3 Å². The van der Waals surface area contributed by atoms with Crippen molar-refractivity contribution in [1.29, 1.82) is 0 Å². The molecule has 0 aliphatic carbocycles. The Morgan fingerprint density at radius 2 is 2.05 bits per heavy atom. The molecule has 0 bridgehead atoms. The fourth-order valence-electron chi connectivity index (χ4n) is 1.90. The van der Waals surface area contributed by atoms with Crippen LogP contribution in [0.25, 0.3) is 0 Å². The van der Waals surface area contributed by atoms with Crippen LogP contribution in [-0.2, 0) is 9.84 Å². The molecule has 19 heavy (non-hydrogen) atoms. The van der Waals surface area contributed by atoms with Crippen molar-refractivity contribution in [2.24, 2.45) is 0 Å². The lowest BCUT2D eigenvalue weighted by atomic mass is 10.4. The number of nitrogens with two attached hydrogens (primary N) is 1. The highest BCUT2D eigenvalue weighted by atomic mass is 32.2. The number of nitrogen functional groups attached to an aromatic ring is 1. The van der Waals surface area contributed by atoms with Crippen molar-refractivity contribution in [1.82, 2.24) is 9.97 Å². The Morgan fingerprint density at radius 3 is 2.68 bits per heavy atom. The second kappa shape index (κ2) is 5.60. The molecular weight excluding hydrogens is 266 g/mol. The number of nitrogens with one attached hydrogen (secondary N) is 1. The number of hydrogen-bond donors (Lipinski definition) is 2. The molecule has 1 aliphatic heterocycles. The van der Waals surface area contributed by atoms with Crippen LogP contribution in [0.2, 0.25) is 0 Å². The minimum absolute atomic E-state index is 0.161. The lowest BCUT2D eigenvalue weighted by Gasteiger charge is -2.27. The van der Waals surface area contributed by atoms with E-state index in [0.29, 0.717) is 24.7 Å². The maximum atomic E-state index is 11.4. The predicted octanol–water partition coefficient (Wildman–Crippen LogP) is 0.116. The van der Waals surface area contributed by atoms with Crippen molar-refractivity contribution in [3.8, 4) is 0 Å². The second-order valence-electron chi connectivity index (χ2n) is 4.54. The quantitative estimate of drug-likeness (QED) is 0.810. The molecule has 0 atom stereocenters. The largest absolute Gasteiger partial charge is 0.370 e. The molecule has 2 heterocycles. The van der Waals surface area contributed by atoms with Crippen LogP contribution in [0.5, 0.6) is 0 Å². The van der Waals surface area contributed by atoms with Gasteiger partial charge >= 0.3 is 0 Å². The van der Waals surface area contributed by atoms with E-state index in [0.717, 1.165) is 13.0 Å². The first-order valence-corrected chi connectivity index (χ1v) is 8.16. The van der Waals surface area contributed by atoms with E-state index in [9.17, 15) is 8.42 Å². The smallest absolute Gasteiger partial charge is 0.223 e. The summed E-state index contributed by atoms with van der Waals surface area (Å²) in [5.74, 6) is 1.88. The monoisotopic (exact) mass is 285 g/mol. The molecule has 1 aliphatic rings. The average molecular weight is 285 g/mol. The maximum absolute atomic E-state index is 11.4. The van der Waals surface area contributed by atoms with Gasteiger partial charge in [0.2, 0.25) is 5.95 Å². The minimum atomic E-state index is -2.89. The summed E-state index contributed by atoms with van der Waals surface area (Å²) in [4.78, 5) is 10.2. The van der Waals surface area contributed by atoms with Gasteiger partial charge in [-0.1, -0.05) is 6.92 Å². The summed E-state index contributed by atoms with van der Waals surface area (Å²) < 4.78 is 22.8. The number of nitrogens with zero attached hydrogens (tertiary/aromatic N) is 3. The Kier molecular flexibility index (Phi) is 4.08. The van der Waals surface area contributed by atoms with Gasteiger partial charge in [0.25, 0.3) is 0 Å². The molecule has 0 amide bonds. The average Bonchev–Trinajstić information content (AvgIpc) is 2.35. The lowest BCUT2D eigenvalue weighted by molar-refractivity contribution is 0.586. The van der Waals surface area contributed by atoms with Gasteiger partial charge in [0, 0.05) is 25.7 Å². The van der Waals surface area contributed by atoms with E-state index in [1.807, 2.05) is 11.0 Å². The molecule has 0 aromatic carbocycles. The topological polar surface area (TPSA) is 101 Å². The van der Waals surface area contributed by atoms with Crippen LogP contribution in [0, 0.1) is 0 Å². The van der Waals surface area contributed by atoms with Gasteiger partial charge in [0.15, 0.2) is 9.84 Å². The molecule has 2 rings (SSSR count). The Balaban J connectivity index is 2.13. The highest BCUT2D eigenvalue weighted by Gasteiger charge is 2.23. The summed E-state index contributed by atoms with van der Waals surface area (Å²) in [5, 5.41) is 3.15. The summed E-state index contributed by atoms with van der Waals surface area (Å²) >= 11 is 0. The van der Waals surface area contributed by atoms with Crippen LogP contribution in [0.15, 0.2) is 6.07 Å². The zero-order valence-electron chi connectivity index (χ0n) is 11.0. The van der Waals surface area contributed by atoms with E-state index in [-0.39, 0.29) is 17.5 Å². The van der Waals surface area contributed by atoms with Gasteiger partial charge in [-0.05, 0) is 6.42 Å². The van der Waals surface area contributed by atoms with E-state index in [1.165, 1.54) is 0 Å². The SMILES string of the molecule is CCCNc1cc(N2CCS(=O)(=O)CC2)nc(N)n1. The van der Waals surface area contributed by atoms with Gasteiger partial charge < -0.3 is 16.0 Å². The third-order valence-electron chi connectivity index (χ3n) is 2.95. The van der Waals surface area contributed by atoms with E-state index >= 15 is 0 Å². The molecule has 0 saturated carbocycles. The van der Waals surface area contributed by atoms with Crippen LogP contribution in [-0.4, -0.2) is 49.5 Å². The Bertz CT molecular complexity index is 532. The lowest BCUT2D eigenvalue weighted by Crippen LogP contribution is -2.40. The third-order valence-corrected chi connectivity index (χ3v) is 4.56.